The Kier molecular flexibility index (Phi) is 26.9. The fourth-order valence-corrected chi connectivity index (χ4v) is 27.9. The molecule has 143 heavy (non-hydrogen) atoms. The van der Waals surface area contributed by atoms with Gasteiger partial charge in [-0.3, -0.25) is 0 Å². The highest BCUT2D eigenvalue weighted by atomic mass is 15.5. The Morgan fingerprint density at radius 2 is 0.483 bits per heavy atom. The second-order valence-electron chi connectivity index (χ2n) is 43.6. The van der Waals surface area contributed by atoms with Crippen molar-refractivity contribution in [1.82, 2.24) is 24.5 Å². The number of aryl methyl sites for hydroxylation is 5. The van der Waals surface area contributed by atoms with E-state index in [1.807, 2.05) is 19.1 Å². The fourth-order valence-electron chi connectivity index (χ4n) is 27.9. The fraction of sp³-hybridized carbons (Fsp3) is 0.353. The summed E-state index contributed by atoms with van der Waals surface area (Å²) in [5, 5.41) is 0. The predicted octanol–water partition coefficient (Wildman–Crippen LogP) is 33.6. The Morgan fingerprint density at radius 3 is 0.818 bits per heavy atom. The van der Waals surface area contributed by atoms with Crippen LogP contribution < -0.4 is 24.5 Å². The predicted molar refractivity (Wildman–Crippen MR) is 597 cm³/mol. The molecule has 10 heterocycles. The van der Waals surface area contributed by atoms with Gasteiger partial charge in [0.25, 0.3) is 0 Å². The first-order valence-electron chi connectivity index (χ1n) is 54.6. The van der Waals surface area contributed by atoms with Gasteiger partial charge < -0.3 is 49.0 Å². The van der Waals surface area contributed by atoms with Gasteiger partial charge in [0, 0.05) is 62.9 Å². The van der Waals surface area contributed by atoms with Gasteiger partial charge in [0.15, 0.2) is 0 Å². The number of anilines is 5. The molecule has 9 atom stereocenters. The monoisotopic (exact) mass is 1890 g/mol. The van der Waals surface area contributed by atoms with Crippen LogP contribution in [0.15, 0.2) is 421 Å². The zero-order valence-electron chi connectivity index (χ0n) is 88.2. The summed E-state index contributed by atoms with van der Waals surface area (Å²) < 4.78 is 8.77. The molecule has 0 aromatic heterocycles. The van der Waals surface area contributed by atoms with Crippen molar-refractivity contribution in [2.45, 2.75) is 278 Å². The van der Waals surface area contributed by atoms with Gasteiger partial charge in [0.2, 0.25) is 0 Å². The third kappa shape index (κ3) is 17.1. The Hall–Kier alpha value is -13.2. The maximum atomic E-state index is 8.77. The van der Waals surface area contributed by atoms with Gasteiger partial charge in [-0.15, -0.1) is 0 Å². The quantitative estimate of drug-likeness (QED) is 0.0990. The summed E-state index contributed by atoms with van der Waals surface area (Å²) in [6.07, 6.45) is 50.7. The molecule has 11 aromatic rings. The number of hydrogen-bond donors (Lipinski definition) is 0. The molecule has 9 unspecified atom stereocenters. The van der Waals surface area contributed by atoms with Crippen molar-refractivity contribution in [3.63, 3.8) is 0 Å². The number of para-hydroxylation sites is 5. The lowest BCUT2D eigenvalue weighted by Crippen LogP contribution is -2.57. The standard InChI is InChI=1S/C32H40N2.C27H32N2.C27H26N2.C26H30N2.C21H22N2/c1-24-14-12-13-21-29(24)33-25(2)30-22-23-32(27-17-8-4-9-18-27,28-19-10-5-11-20-28)34(30)31(33)26-15-6-3-7-16-26;2*1-20-12-10-11-17-24(20)28-21(2)25-18-19-27(3,23-15-8-5-9-16-23)29(25)26(28)22-13-6-4-7-14-22;1-19-11-7-10-16-23(19)27-20(2)24-17-18-26(3,22-14-8-9-15-22)28(24)25(27)21-12-5-4-6-13-21;1-15-9-7-8-12-19(15)23-17(3)20-14-13-16(2)22(20)21(23)18-10-5-4-6-11-18/h3,6-7,12-16,21-23,27-28,31H,4-5,8-11,17-20H2,1-2H3;4,6-7,10-14,17-19,23,26H,5,8-9,15-16H2,1-3H3;4-19,26H,1-3H3;4-7,10-13,16-18,22,25H,8-9,14-15H2,1-3H3;4-14,16,21H,1-3H3/i;;;;16D. The molecule has 0 spiro atoms. The highest BCUT2D eigenvalue weighted by Crippen LogP contribution is 2.63. The van der Waals surface area contributed by atoms with E-state index < -0.39 is 6.02 Å². The summed E-state index contributed by atoms with van der Waals surface area (Å²) in [7, 11) is 0. The van der Waals surface area contributed by atoms with E-state index in [1.54, 1.807) is 0 Å². The van der Waals surface area contributed by atoms with Crippen molar-refractivity contribution in [1.29, 1.82) is 0 Å². The molecule has 0 radical (unpaired) electrons. The van der Waals surface area contributed by atoms with Gasteiger partial charge in [-0.1, -0.05) is 374 Å². The molecule has 10 aliphatic heterocycles. The molecule has 14 aliphatic rings. The van der Waals surface area contributed by atoms with E-state index >= 15 is 0 Å². The second kappa shape index (κ2) is 40.6. The van der Waals surface area contributed by atoms with Gasteiger partial charge >= 0.3 is 0 Å². The van der Waals surface area contributed by atoms with Gasteiger partial charge in [0.05, 0.1) is 52.0 Å². The Morgan fingerprint density at radius 1 is 0.238 bits per heavy atom. The highest BCUT2D eigenvalue weighted by molar-refractivity contribution is 5.71. The summed E-state index contributed by atoms with van der Waals surface area (Å²) in [6, 6.07) is 109. The third-order valence-corrected chi connectivity index (χ3v) is 35.3. The Labute approximate surface area is 857 Å². The Bertz CT molecular complexity index is 6760. The van der Waals surface area contributed by atoms with Crippen molar-refractivity contribution in [3.05, 3.63) is 482 Å². The van der Waals surface area contributed by atoms with Crippen LogP contribution in [0.1, 0.15) is 278 Å². The van der Waals surface area contributed by atoms with Gasteiger partial charge in [-0.2, -0.15) is 0 Å². The van der Waals surface area contributed by atoms with Crippen molar-refractivity contribution in [2.24, 2.45) is 23.7 Å². The van der Waals surface area contributed by atoms with Gasteiger partial charge in [0.1, 0.15) is 30.8 Å². The first-order valence-corrected chi connectivity index (χ1v) is 54.1. The van der Waals surface area contributed by atoms with Crippen LogP contribution in [0, 0.1) is 58.3 Å². The molecule has 10 heteroatoms. The number of benzene rings is 11. The van der Waals surface area contributed by atoms with Crippen LogP contribution in [0.4, 0.5) is 28.4 Å². The first kappa shape index (κ1) is 94.7. The average Bonchev–Trinajstić information content (AvgIpc) is 1.66. The molecule has 4 saturated carbocycles. The first-order chi connectivity index (χ1) is 70.1. The molecule has 4 fully saturated rings. The smallest absolute Gasteiger partial charge is 0.133 e. The van der Waals surface area contributed by atoms with E-state index in [0.717, 1.165) is 29.4 Å². The number of fused-ring (bicyclic) bond motifs is 5. The van der Waals surface area contributed by atoms with Gasteiger partial charge in [-0.05, 0) is 294 Å². The van der Waals surface area contributed by atoms with Crippen LogP contribution in [0.5, 0.6) is 0 Å². The lowest BCUT2D eigenvalue weighted by atomic mass is 9.63. The average molecular weight is 1890 g/mol. The maximum absolute atomic E-state index is 8.77. The highest BCUT2D eigenvalue weighted by Gasteiger charge is 2.59. The zero-order chi connectivity index (χ0) is 99.3. The molecule has 11 aromatic carbocycles. The number of allylic oxidation sites excluding steroid dienone is 10. The van der Waals surface area contributed by atoms with Crippen LogP contribution in [-0.4, -0.2) is 47.1 Å². The van der Waals surface area contributed by atoms with E-state index in [-0.39, 0.29) is 53.0 Å². The van der Waals surface area contributed by atoms with Gasteiger partial charge in [-0.25, -0.2) is 0 Å². The van der Waals surface area contributed by atoms with E-state index in [4.69, 9.17) is 1.37 Å². The summed E-state index contributed by atoms with van der Waals surface area (Å²) in [5.74, 6) is 2.97. The molecule has 0 saturated heterocycles. The molecule has 0 amide bonds. The number of nitrogens with zero attached hydrogens (tertiary/aromatic N) is 10. The molecular weight excluding hydrogens is 1740 g/mol. The van der Waals surface area contributed by atoms with Crippen molar-refractivity contribution in [3.8, 4) is 0 Å². The van der Waals surface area contributed by atoms with E-state index in [9.17, 15) is 0 Å². The minimum absolute atomic E-state index is 0.000185. The largest absolute Gasteiger partial charge is 0.339 e. The number of rotatable bonds is 15. The summed E-state index contributed by atoms with van der Waals surface area (Å²) in [5.41, 5.74) is 34.4. The second-order valence-corrected chi connectivity index (χ2v) is 43.6. The minimum Gasteiger partial charge on any atom is -0.339 e. The molecule has 4 aliphatic carbocycles. The van der Waals surface area contributed by atoms with E-state index in [1.165, 1.54) is 263 Å². The molecule has 0 N–H and O–H groups in total. The molecule has 732 valence electrons. The Balaban J connectivity index is 0.000000107. The van der Waals surface area contributed by atoms with E-state index in [2.05, 4.69) is 491 Å². The maximum Gasteiger partial charge on any atom is 0.133 e. The lowest BCUT2D eigenvalue weighted by molar-refractivity contribution is 0.00652. The summed E-state index contributed by atoms with van der Waals surface area (Å²) in [6.45, 7) is 31.7. The van der Waals surface area contributed by atoms with Crippen LogP contribution in [0.3, 0.4) is 0 Å². The third-order valence-electron chi connectivity index (χ3n) is 35.3. The summed E-state index contributed by atoms with van der Waals surface area (Å²) in [4.78, 5) is 25.9. The molecule has 25 rings (SSSR count). The normalized spacial score (nSPS) is 25.8. The minimum atomic E-state index is -0.742. The number of hydrogen-bond acceptors (Lipinski definition) is 10. The molecular formula is C133H150N10. The van der Waals surface area contributed by atoms with Crippen molar-refractivity contribution >= 4 is 28.4 Å². The SMILES string of the molecule is CC1=C2C=CC(C)(C3CCCC3)N2C(c2ccccc2)N1c1ccccc1C.CC1=C2C=CC(C)(C3CCCCC3)N2C(c2ccccc2)N1c1ccccc1C.CC1=C2C=CC(C)(c3ccccc3)N2C(c2ccccc2)N1c1ccccc1C.CC1=C2C=CC(C3CCCCC3)(C3CCCCC3)N2C(c2ccccc2)N1c1ccccc1C.[2H]C1(C)C=CC2=C(C)N(c3ccccc3C)C(c3ccccc3)N21. The topological polar surface area (TPSA) is 32.4 Å². The zero-order valence-corrected chi connectivity index (χ0v) is 87.2. The molecule has 0 bridgehead atoms. The van der Waals surface area contributed by atoms with Crippen molar-refractivity contribution in [2.75, 3.05) is 24.5 Å². The van der Waals surface area contributed by atoms with E-state index in [0.29, 0.717) is 0 Å². The van der Waals surface area contributed by atoms with Crippen LogP contribution in [0.2, 0.25) is 0 Å². The van der Waals surface area contributed by atoms with Crippen LogP contribution >= 0.6 is 0 Å². The lowest BCUT2D eigenvalue weighted by Gasteiger charge is -2.54. The molecule has 10 nitrogen and oxygen atoms in total. The van der Waals surface area contributed by atoms with Crippen LogP contribution in [0.25, 0.3) is 0 Å². The van der Waals surface area contributed by atoms with Crippen molar-refractivity contribution < 1.29 is 1.37 Å². The summed E-state index contributed by atoms with van der Waals surface area (Å²) >= 11 is 0. The van der Waals surface area contributed by atoms with Crippen LogP contribution in [-0.2, 0) is 5.54 Å².